The van der Waals surface area contributed by atoms with E-state index in [1.54, 1.807) is 0 Å². The van der Waals surface area contributed by atoms with Crippen molar-refractivity contribution in [2.24, 2.45) is 0 Å². The molecular formula is C11H3ClF7O2-. The summed E-state index contributed by atoms with van der Waals surface area (Å²) in [5, 5.41) is 10.4. The third-order valence-electron chi connectivity index (χ3n) is 2.17. The van der Waals surface area contributed by atoms with Crippen molar-refractivity contribution >= 4 is 23.1 Å². The molecule has 2 nitrogen and oxygen atoms in total. The average molecular weight is 336 g/mol. The Kier molecular flexibility index (Phi) is 4.57. The zero-order valence-electron chi connectivity index (χ0n) is 9.57. The van der Waals surface area contributed by atoms with Gasteiger partial charge in [0.25, 0.3) is 5.78 Å². The van der Waals surface area contributed by atoms with Gasteiger partial charge in [-0.2, -0.15) is 26.3 Å². The summed E-state index contributed by atoms with van der Waals surface area (Å²) in [6.07, 6.45) is -11.2. The Morgan fingerprint density at radius 1 is 1.14 bits per heavy atom. The lowest BCUT2D eigenvalue weighted by Crippen LogP contribution is -2.22. The van der Waals surface area contributed by atoms with E-state index in [0.717, 1.165) is 0 Å². The molecule has 0 fully saturated rings. The van der Waals surface area contributed by atoms with Crippen LogP contribution in [0, 0.1) is 5.82 Å². The van der Waals surface area contributed by atoms with Crippen LogP contribution in [0.1, 0.15) is 11.1 Å². The van der Waals surface area contributed by atoms with Gasteiger partial charge in [0.15, 0.2) is 0 Å². The van der Waals surface area contributed by atoms with E-state index < -0.39 is 51.9 Å². The molecule has 0 spiro atoms. The highest BCUT2D eigenvalue weighted by molar-refractivity contribution is 6.30. The van der Waals surface area contributed by atoms with E-state index in [1.165, 1.54) is 0 Å². The van der Waals surface area contributed by atoms with Gasteiger partial charge in [0, 0.05) is 0 Å². The SMILES string of the molecule is O=C(/C=C(\[O-])c1cc(F)c(Cl)cc1C(F)(F)F)C(F)(F)F. The number of halogens is 8. The Labute approximate surface area is 117 Å². The Hall–Kier alpha value is -1.77. The average Bonchev–Trinajstić information content (AvgIpc) is 2.29. The Bertz CT molecular complexity index is 602. The van der Waals surface area contributed by atoms with Crippen molar-refractivity contribution in [1.29, 1.82) is 0 Å². The van der Waals surface area contributed by atoms with Crippen molar-refractivity contribution in [3.8, 4) is 0 Å². The van der Waals surface area contributed by atoms with Crippen LogP contribution in [0.25, 0.3) is 5.76 Å². The molecule has 1 rings (SSSR count). The molecule has 1 aromatic rings. The number of allylic oxidation sites excluding steroid dienone is 1. The summed E-state index contributed by atoms with van der Waals surface area (Å²) in [5.74, 6) is -6.03. The number of alkyl halides is 6. The molecule has 1 aromatic carbocycles. The molecule has 10 heteroatoms. The maximum Gasteiger partial charge on any atom is 0.454 e. The van der Waals surface area contributed by atoms with Gasteiger partial charge in [-0.3, -0.25) is 4.79 Å². The predicted octanol–water partition coefficient (Wildman–Crippen LogP) is 3.33. The van der Waals surface area contributed by atoms with E-state index in [4.69, 9.17) is 11.6 Å². The van der Waals surface area contributed by atoms with Crippen molar-refractivity contribution in [2.45, 2.75) is 12.4 Å². The quantitative estimate of drug-likeness (QED) is 0.472. The molecule has 0 N–H and O–H groups in total. The monoisotopic (exact) mass is 335 g/mol. The normalized spacial score (nSPS) is 13.4. The van der Waals surface area contributed by atoms with Crippen LogP contribution in [0.5, 0.6) is 0 Å². The molecule has 0 aliphatic rings. The minimum atomic E-state index is -5.43. The highest BCUT2D eigenvalue weighted by Gasteiger charge is 2.37. The van der Waals surface area contributed by atoms with E-state index in [-0.39, 0.29) is 12.1 Å². The van der Waals surface area contributed by atoms with Crippen LogP contribution in [0.3, 0.4) is 0 Å². The number of hydrogen-bond acceptors (Lipinski definition) is 2. The second-order valence-corrected chi connectivity index (χ2v) is 4.09. The second-order valence-electron chi connectivity index (χ2n) is 3.68. The summed E-state index contributed by atoms with van der Waals surface area (Å²) in [4.78, 5) is 10.6. The summed E-state index contributed by atoms with van der Waals surface area (Å²) >= 11 is 5.13. The highest BCUT2D eigenvalue weighted by atomic mass is 35.5. The molecule has 0 unspecified atom stereocenters. The van der Waals surface area contributed by atoms with Gasteiger partial charge in [0.2, 0.25) is 0 Å². The fraction of sp³-hybridized carbons (Fsp3) is 0.182. The first kappa shape index (κ1) is 17.3. The first-order valence-corrected chi connectivity index (χ1v) is 5.28. The second kappa shape index (κ2) is 5.55. The smallest absolute Gasteiger partial charge is 0.454 e. The summed E-state index contributed by atoms with van der Waals surface area (Å²) in [5.41, 5.74) is -3.19. The topological polar surface area (TPSA) is 40.1 Å². The molecule has 0 aromatic heterocycles. The molecule has 0 radical (unpaired) electrons. The fourth-order valence-electron chi connectivity index (χ4n) is 1.26. The number of carbonyl (C=O) groups excluding carboxylic acids is 1. The first-order valence-electron chi connectivity index (χ1n) is 4.90. The molecule has 0 saturated heterocycles. The lowest BCUT2D eigenvalue weighted by atomic mass is 10.0. The molecule has 0 amide bonds. The summed E-state index contributed by atoms with van der Waals surface area (Å²) in [6, 6.07) is 0.0731. The standard InChI is InChI=1S/C11H4ClF7O2/c12-6-2-5(10(14,15)16)4(1-7(6)13)8(20)3-9(21)11(17,18)19/h1-3,20H/p-1/b8-3-. The van der Waals surface area contributed by atoms with Crippen LogP contribution in [0.2, 0.25) is 5.02 Å². The minimum Gasteiger partial charge on any atom is -0.872 e. The van der Waals surface area contributed by atoms with Gasteiger partial charge in [-0.25, -0.2) is 4.39 Å². The Balaban J connectivity index is 3.46. The van der Waals surface area contributed by atoms with E-state index in [0.29, 0.717) is 0 Å². The predicted molar refractivity (Wildman–Crippen MR) is 55.5 cm³/mol. The van der Waals surface area contributed by atoms with Crippen molar-refractivity contribution in [1.82, 2.24) is 0 Å². The van der Waals surface area contributed by atoms with Gasteiger partial charge in [0.05, 0.1) is 10.6 Å². The van der Waals surface area contributed by atoms with Crippen molar-refractivity contribution in [2.75, 3.05) is 0 Å². The minimum absolute atomic E-state index is 0.0215. The molecule has 116 valence electrons. The summed E-state index contributed by atoms with van der Waals surface area (Å²) < 4.78 is 86.9. The fourth-order valence-corrected chi connectivity index (χ4v) is 1.43. The van der Waals surface area contributed by atoms with Crippen LogP contribution < -0.4 is 5.11 Å². The molecule has 0 atom stereocenters. The van der Waals surface area contributed by atoms with Gasteiger partial charge < -0.3 is 5.11 Å². The summed E-state index contributed by atoms with van der Waals surface area (Å²) in [6.45, 7) is 0. The number of ketones is 1. The number of rotatable bonds is 2. The van der Waals surface area contributed by atoms with Gasteiger partial charge in [-0.05, 0) is 23.8 Å². The maximum absolute atomic E-state index is 13.1. The van der Waals surface area contributed by atoms with E-state index >= 15 is 0 Å². The molecule has 0 saturated carbocycles. The third kappa shape index (κ3) is 4.10. The molecule has 0 aliphatic carbocycles. The molecule has 21 heavy (non-hydrogen) atoms. The van der Waals surface area contributed by atoms with Crippen LogP contribution in [-0.2, 0) is 11.0 Å². The van der Waals surface area contributed by atoms with Gasteiger partial charge in [0.1, 0.15) is 5.82 Å². The molecule has 0 heterocycles. The highest BCUT2D eigenvalue weighted by Crippen LogP contribution is 2.36. The van der Waals surface area contributed by atoms with Crippen LogP contribution in [0.15, 0.2) is 18.2 Å². The third-order valence-corrected chi connectivity index (χ3v) is 2.46. The van der Waals surface area contributed by atoms with Gasteiger partial charge in [-0.15, -0.1) is 0 Å². The van der Waals surface area contributed by atoms with Crippen LogP contribution >= 0.6 is 11.6 Å². The molecular weight excluding hydrogens is 333 g/mol. The van der Waals surface area contributed by atoms with Crippen LogP contribution in [0.4, 0.5) is 30.7 Å². The van der Waals surface area contributed by atoms with E-state index in [1.807, 2.05) is 0 Å². The van der Waals surface area contributed by atoms with Gasteiger partial charge >= 0.3 is 12.4 Å². The Morgan fingerprint density at radius 2 is 1.67 bits per heavy atom. The zero-order valence-corrected chi connectivity index (χ0v) is 10.3. The van der Waals surface area contributed by atoms with Crippen LogP contribution in [-0.4, -0.2) is 12.0 Å². The zero-order chi connectivity index (χ0) is 16.6. The largest absolute Gasteiger partial charge is 0.872 e. The lowest BCUT2D eigenvalue weighted by molar-refractivity contribution is -0.245. The summed E-state index contributed by atoms with van der Waals surface area (Å²) in [7, 11) is 0. The number of carbonyl (C=O) groups is 1. The van der Waals surface area contributed by atoms with Crippen molar-refractivity contribution < 1.29 is 40.6 Å². The van der Waals surface area contributed by atoms with E-state index in [9.17, 15) is 40.6 Å². The van der Waals surface area contributed by atoms with E-state index in [2.05, 4.69) is 0 Å². The number of benzene rings is 1. The molecule has 0 aliphatic heterocycles. The van der Waals surface area contributed by atoms with Crippen molar-refractivity contribution in [3.05, 3.63) is 40.2 Å². The van der Waals surface area contributed by atoms with Crippen molar-refractivity contribution in [3.63, 3.8) is 0 Å². The first-order chi connectivity index (χ1) is 9.34. The maximum atomic E-state index is 13.1. The van der Waals surface area contributed by atoms with Gasteiger partial charge in [-0.1, -0.05) is 17.4 Å². The number of hydrogen-bond donors (Lipinski definition) is 0. The molecule has 0 bridgehead atoms. The Morgan fingerprint density at radius 3 is 2.10 bits per heavy atom. The lowest BCUT2D eigenvalue weighted by Gasteiger charge is -2.19.